The maximum absolute atomic E-state index is 6.25. The molecule has 1 aromatic rings. The van der Waals surface area contributed by atoms with Crippen LogP contribution >= 0.6 is 0 Å². The summed E-state index contributed by atoms with van der Waals surface area (Å²) in [5, 5.41) is 0. The molecule has 18 heavy (non-hydrogen) atoms. The minimum absolute atomic E-state index is 0.185. The number of nitrogens with two attached hydrogens (primary N) is 1. The van der Waals surface area contributed by atoms with Crippen molar-refractivity contribution >= 4 is 0 Å². The van der Waals surface area contributed by atoms with Crippen LogP contribution in [-0.4, -0.2) is 24.0 Å². The third-order valence-electron chi connectivity index (χ3n) is 4.15. The van der Waals surface area contributed by atoms with E-state index in [9.17, 15) is 0 Å². The van der Waals surface area contributed by atoms with Crippen LogP contribution in [0, 0.1) is 13.8 Å². The average Bonchev–Trinajstić information content (AvgIpc) is 2.35. The summed E-state index contributed by atoms with van der Waals surface area (Å²) in [5.74, 6) is 0. The Balaban J connectivity index is 2.25. The van der Waals surface area contributed by atoms with Gasteiger partial charge in [0.25, 0.3) is 0 Å². The van der Waals surface area contributed by atoms with Crippen LogP contribution < -0.4 is 5.73 Å². The Hall–Kier alpha value is -0.860. The molecule has 1 saturated heterocycles. The molecule has 2 N–H and O–H groups in total. The smallest absolute Gasteiger partial charge is 0.0496 e. The molecule has 2 rings (SSSR count). The van der Waals surface area contributed by atoms with E-state index >= 15 is 0 Å². The first-order valence-corrected chi connectivity index (χ1v) is 7.16. The van der Waals surface area contributed by atoms with Gasteiger partial charge in [0.2, 0.25) is 0 Å². The molecule has 2 unspecified atom stereocenters. The van der Waals surface area contributed by atoms with Crippen molar-refractivity contribution in [2.75, 3.05) is 13.1 Å². The van der Waals surface area contributed by atoms with E-state index in [1.165, 1.54) is 49.0 Å². The maximum Gasteiger partial charge on any atom is 0.0496 e. The van der Waals surface area contributed by atoms with Gasteiger partial charge in [-0.05, 0) is 63.4 Å². The van der Waals surface area contributed by atoms with Crippen molar-refractivity contribution in [1.82, 2.24) is 4.90 Å². The van der Waals surface area contributed by atoms with E-state index in [0.717, 1.165) is 0 Å². The van der Waals surface area contributed by atoms with E-state index in [2.05, 4.69) is 43.9 Å². The standard InChI is InChI=1S/C16H26N2/c1-12-7-8-15(11-13(12)2)16(14(3)17)18-9-5-4-6-10-18/h7-8,11,14,16H,4-6,9-10,17H2,1-3H3. The monoisotopic (exact) mass is 246 g/mol. The fourth-order valence-corrected chi connectivity index (χ4v) is 2.99. The van der Waals surface area contributed by atoms with Gasteiger partial charge in [0, 0.05) is 12.1 Å². The van der Waals surface area contributed by atoms with Gasteiger partial charge in [-0.25, -0.2) is 0 Å². The molecule has 1 aliphatic heterocycles. The number of nitrogens with zero attached hydrogens (tertiary/aromatic N) is 1. The first-order chi connectivity index (χ1) is 8.59. The van der Waals surface area contributed by atoms with Gasteiger partial charge in [-0.1, -0.05) is 24.6 Å². The molecule has 0 aliphatic carbocycles. The van der Waals surface area contributed by atoms with Gasteiger partial charge in [0.15, 0.2) is 0 Å². The van der Waals surface area contributed by atoms with E-state index in [4.69, 9.17) is 5.73 Å². The number of hydrogen-bond acceptors (Lipinski definition) is 2. The summed E-state index contributed by atoms with van der Waals surface area (Å²) >= 11 is 0. The Labute approximate surface area is 111 Å². The summed E-state index contributed by atoms with van der Waals surface area (Å²) in [6, 6.07) is 7.36. The van der Waals surface area contributed by atoms with Crippen molar-refractivity contribution in [2.45, 2.75) is 52.1 Å². The molecular formula is C16H26N2. The summed E-state index contributed by atoms with van der Waals surface area (Å²) < 4.78 is 0. The normalized spacial score (nSPS) is 20.7. The summed E-state index contributed by atoms with van der Waals surface area (Å²) in [7, 11) is 0. The number of rotatable bonds is 3. The number of hydrogen-bond donors (Lipinski definition) is 1. The molecule has 1 fully saturated rings. The van der Waals surface area contributed by atoms with Crippen LogP contribution in [0.3, 0.4) is 0 Å². The third kappa shape index (κ3) is 2.93. The Bertz CT molecular complexity index is 392. The molecule has 2 heteroatoms. The van der Waals surface area contributed by atoms with Crippen molar-refractivity contribution < 1.29 is 0 Å². The molecule has 0 bridgehead atoms. The number of piperidine rings is 1. The van der Waals surface area contributed by atoms with Gasteiger partial charge in [-0.3, -0.25) is 4.90 Å². The predicted molar refractivity (Wildman–Crippen MR) is 77.7 cm³/mol. The van der Waals surface area contributed by atoms with Crippen LogP contribution in [0.2, 0.25) is 0 Å². The number of likely N-dealkylation sites (tertiary alicyclic amines) is 1. The zero-order valence-electron chi connectivity index (χ0n) is 11.9. The first-order valence-electron chi connectivity index (χ1n) is 7.16. The van der Waals surface area contributed by atoms with Crippen molar-refractivity contribution in [3.63, 3.8) is 0 Å². The zero-order valence-corrected chi connectivity index (χ0v) is 11.9. The molecule has 0 spiro atoms. The van der Waals surface area contributed by atoms with E-state index in [1.54, 1.807) is 0 Å². The second-order valence-corrected chi connectivity index (χ2v) is 5.74. The Morgan fingerprint density at radius 3 is 2.28 bits per heavy atom. The highest BCUT2D eigenvalue weighted by molar-refractivity contribution is 5.32. The van der Waals surface area contributed by atoms with Gasteiger partial charge in [0.05, 0.1) is 0 Å². The Morgan fingerprint density at radius 1 is 1.06 bits per heavy atom. The Kier molecular flexibility index (Phi) is 4.41. The first kappa shape index (κ1) is 13.6. The average molecular weight is 246 g/mol. The summed E-state index contributed by atoms with van der Waals surface area (Å²) in [6.45, 7) is 8.88. The van der Waals surface area contributed by atoms with Crippen molar-refractivity contribution in [2.24, 2.45) is 5.73 Å². The van der Waals surface area contributed by atoms with Gasteiger partial charge in [-0.2, -0.15) is 0 Å². The molecule has 2 nitrogen and oxygen atoms in total. The molecule has 100 valence electrons. The Morgan fingerprint density at radius 2 is 1.72 bits per heavy atom. The van der Waals surface area contributed by atoms with Crippen LogP contribution in [0.4, 0.5) is 0 Å². The SMILES string of the molecule is Cc1ccc(C(C(C)N)N2CCCCC2)cc1C. The van der Waals surface area contributed by atoms with Crippen LogP contribution in [-0.2, 0) is 0 Å². The van der Waals surface area contributed by atoms with Crippen LogP contribution in [0.5, 0.6) is 0 Å². The van der Waals surface area contributed by atoms with Crippen LogP contribution in [0.15, 0.2) is 18.2 Å². The molecule has 1 heterocycles. The predicted octanol–water partition coefficient (Wildman–Crippen LogP) is 3.18. The van der Waals surface area contributed by atoms with Crippen molar-refractivity contribution in [3.05, 3.63) is 34.9 Å². The second kappa shape index (κ2) is 5.85. The van der Waals surface area contributed by atoms with E-state index in [1.807, 2.05) is 0 Å². The third-order valence-corrected chi connectivity index (χ3v) is 4.15. The van der Waals surface area contributed by atoms with Crippen LogP contribution in [0.1, 0.15) is 48.9 Å². The molecule has 1 aromatic carbocycles. The van der Waals surface area contributed by atoms with Gasteiger partial charge in [0.1, 0.15) is 0 Å². The molecule has 0 radical (unpaired) electrons. The lowest BCUT2D eigenvalue weighted by molar-refractivity contribution is 0.146. The van der Waals surface area contributed by atoms with Gasteiger partial charge in [-0.15, -0.1) is 0 Å². The lowest BCUT2D eigenvalue weighted by Gasteiger charge is -2.37. The summed E-state index contributed by atoms with van der Waals surface area (Å²) in [6.07, 6.45) is 4.00. The lowest BCUT2D eigenvalue weighted by atomic mass is 9.94. The highest BCUT2D eigenvalue weighted by atomic mass is 15.2. The fourth-order valence-electron chi connectivity index (χ4n) is 2.99. The highest BCUT2D eigenvalue weighted by Gasteiger charge is 2.25. The minimum atomic E-state index is 0.185. The van der Waals surface area contributed by atoms with Crippen molar-refractivity contribution in [1.29, 1.82) is 0 Å². The molecule has 0 amide bonds. The largest absolute Gasteiger partial charge is 0.326 e. The molecule has 2 atom stereocenters. The molecular weight excluding hydrogens is 220 g/mol. The number of benzene rings is 1. The van der Waals surface area contributed by atoms with E-state index < -0.39 is 0 Å². The lowest BCUT2D eigenvalue weighted by Crippen LogP contribution is -2.42. The van der Waals surface area contributed by atoms with Gasteiger partial charge < -0.3 is 5.73 Å². The molecule has 1 aliphatic rings. The second-order valence-electron chi connectivity index (χ2n) is 5.74. The van der Waals surface area contributed by atoms with Crippen LogP contribution in [0.25, 0.3) is 0 Å². The minimum Gasteiger partial charge on any atom is -0.326 e. The highest BCUT2D eigenvalue weighted by Crippen LogP contribution is 2.28. The van der Waals surface area contributed by atoms with E-state index in [0.29, 0.717) is 6.04 Å². The van der Waals surface area contributed by atoms with Crippen molar-refractivity contribution in [3.8, 4) is 0 Å². The fraction of sp³-hybridized carbons (Fsp3) is 0.625. The van der Waals surface area contributed by atoms with Gasteiger partial charge >= 0.3 is 0 Å². The molecule has 0 saturated carbocycles. The zero-order chi connectivity index (χ0) is 13.1. The number of aryl methyl sites for hydroxylation is 2. The summed E-state index contributed by atoms with van der Waals surface area (Å²) in [5.41, 5.74) is 10.4. The topological polar surface area (TPSA) is 29.3 Å². The maximum atomic E-state index is 6.25. The quantitative estimate of drug-likeness (QED) is 0.887. The molecule has 0 aromatic heterocycles. The summed E-state index contributed by atoms with van der Waals surface area (Å²) in [4.78, 5) is 2.57. The van der Waals surface area contributed by atoms with E-state index in [-0.39, 0.29) is 6.04 Å².